The highest BCUT2D eigenvalue weighted by atomic mass is 16.6. The van der Waals surface area contributed by atoms with Crippen molar-refractivity contribution in [1.29, 1.82) is 0 Å². The molecule has 7 heteroatoms. The maximum Gasteiger partial charge on any atom is 0.408 e. The highest BCUT2D eigenvalue weighted by molar-refractivity contribution is 5.82. The molecule has 0 aliphatic heterocycles. The minimum atomic E-state index is -1.06. The molecule has 0 saturated heterocycles. The minimum absolute atomic E-state index is 0.0156. The summed E-state index contributed by atoms with van der Waals surface area (Å²) in [6, 6.07) is 26.6. The summed E-state index contributed by atoms with van der Waals surface area (Å²) in [5.74, 6) is -1.14. The van der Waals surface area contributed by atoms with Crippen molar-refractivity contribution in [2.45, 2.75) is 38.7 Å². The molecule has 3 aromatic rings. The van der Waals surface area contributed by atoms with Gasteiger partial charge in [-0.05, 0) is 23.1 Å². The van der Waals surface area contributed by atoms with Crippen LogP contribution in [0, 0.1) is 0 Å². The number of nitrogens with one attached hydrogen (secondary N) is 1. The Labute approximate surface area is 198 Å². The fraction of sp³-hybridized carbons (Fsp3) is 0.222. The Morgan fingerprint density at radius 1 is 0.618 bits per heavy atom. The van der Waals surface area contributed by atoms with E-state index in [1.165, 1.54) is 0 Å². The van der Waals surface area contributed by atoms with Gasteiger partial charge in [0, 0.05) is 6.42 Å². The number of ether oxygens (including phenoxy) is 3. The standard InChI is InChI=1S/C27H27NO6/c29-25(32-18-21-10-4-1-5-11-21)17-16-24(26(30)33-19-22-12-6-2-7-13-22)28-27(31)34-20-23-14-8-3-9-15-23/h1-15,24H,16-20H2,(H,28,31). The number of alkyl carbamates (subject to hydrolysis) is 1. The molecule has 7 nitrogen and oxygen atoms in total. The summed E-state index contributed by atoms with van der Waals surface area (Å²) in [5.41, 5.74) is 2.48. The molecule has 176 valence electrons. The van der Waals surface area contributed by atoms with Crippen LogP contribution >= 0.6 is 0 Å². The summed E-state index contributed by atoms with van der Waals surface area (Å²) in [4.78, 5) is 37.2. The summed E-state index contributed by atoms with van der Waals surface area (Å²) in [6.45, 7) is 0.238. The molecule has 1 unspecified atom stereocenters. The second-order valence-corrected chi connectivity index (χ2v) is 7.54. The van der Waals surface area contributed by atoms with Crippen LogP contribution in [0.15, 0.2) is 91.0 Å². The third-order valence-corrected chi connectivity index (χ3v) is 4.89. The highest BCUT2D eigenvalue weighted by Crippen LogP contribution is 2.09. The average molecular weight is 462 g/mol. The third kappa shape index (κ3) is 8.78. The van der Waals surface area contributed by atoms with Crippen LogP contribution in [0.5, 0.6) is 0 Å². The fourth-order valence-corrected chi connectivity index (χ4v) is 3.06. The lowest BCUT2D eigenvalue weighted by atomic mass is 10.1. The highest BCUT2D eigenvalue weighted by Gasteiger charge is 2.24. The maximum atomic E-state index is 12.7. The Bertz CT molecular complexity index is 1040. The number of hydrogen-bond acceptors (Lipinski definition) is 6. The summed E-state index contributed by atoms with van der Waals surface area (Å²) in [5, 5.41) is 2.51. The molecule has 0 radical (unpaired) electrons. The number of carbonyl (C=O) groups is 3. The van der Waals surface area contributed by atoms with Gasteiger partial charge in [0.2, 0.25) is 0 Å². The van der Waals surface area contributed by atoms with Crippen molar-refractivity contribution in [2.24, 2.45) is 0 Å². The number of esters is 2. The van der Waals surface area contributed by atoms with Gasteiger partial charge < -0.3 is 19.5 Å². The molecular formula is C27H27NO6. The van der Waals surface area contributed by atoms with E-state index < -0.39 is 24.1 Å². The number of amides is 1. The van der Waals surface area contributed by atoms with E-state index in [1.54, 1.807) is 0 Å². The van der Waals surface area contributed by atoms with Gasteiger partial charge in [0.25, 0.3) is 0 Å². The molecule has 1 N–H and O–H groups in total. The smallest absolute Gasteiger partial charge is 0.408 e. The fourth-order valence-electron chi connectivity index (χ4n) is 3.06. The van der Waals surface area contributed by atoms with Crippen LogP contribution in [0.3, 0.4) is 0 Å². The van der Waals surface area contributed by atoms with Gasteiger partial charge in [-0.3, -0.25) is 4.79 Å². The molecule has 0 saturated carbocycles. The van der Waals surface area contributed by atoms with E-state index in [4.69, 9.17) is 14.2 Å². The molecular weight excluding hydrogens is 434 g/mol. The molecule has 0 aliphatic carbocycles. The van der Waals surface area contributed by atoms with E-state index in [0.29, 0.717) is 0 Å². The van der Waals surface area contributed by atoms with Crippen molar-refractivity contribution in [1.82, 2.24) is 5.32 Å². The van der Waals surface area contributed by atoms with Crippen LogP contribution in [0.4, 0.5) is 4.79 Å². The number of hydrogen-bond donors (Lipinski definition) is 1. The lowest BCUT2D eigenvalue weighted by molar-refractivity contribution is -0.149. The minimum Gasteiger partial charge on any atom is -0.461 e. The van der Waals surface area contributed by atoms with Crippen molar-refractivity contribution in [2.75, 3.05) is 0 Å². The normalized spacial score (nSPS) is 11.2. The van der Waals surface area contributed by atoms with Gasteiger partial charge >= 0.3 is 18.0 Å². The summed E-state index contributed by atoms with van der Waals surface area (Å²) >= 11 is 0. The first-order chi connectivity index (χ1) is 16.6. The van der Waals surface area contributed by atoms with Crippen molar-refractivity contribution < 1.29 is 28.6 Å². The van der Waals surface area contributed by atoms with Crippen LogP contribution < -0.4 is 5.32 Å². The Balaban J connectivity index is 1.52. The Morgan fingerprint density at radius 3 is 1.56 bits per heavy atom. The summed E-state index contributed by atoms with van der Waals surface area (Å²) < 4.78 is 15.8. The molecule has 0 bridgehead atoms. The average Bonchev–Trinajstić information content (AvgIpc) is 2.89. The van der Waals surface area contributed by atoms with Gasteiger partial charge in [-0.2, -0.15) is 0 Å². The first-order valence-electron chi connectivity index (χ1n) is 11.0. The van der Waals surface area contributed by atoms with E-state index in [-0.39, 0.29) is 32.7 Å². The van der Waals surface area contributed by atoms with Crippen LogP contribution in [-0.4, -0.2) is 24.1 Å². The van der Waals surface area contributed by atoms with Gasteiger partial charge in [-0.1, -0.05) is 91.0 Å². The molecule has 0 aromatic heterocycles. The molecule has 3 aromatic carbocycles. The van der Waals surface area contributed by atoms with Gasteiger partial charge in [0.15, 0.2) is 0 Å². The Morgan fingerprint density at radius 2 is 1.06 bits per heavy atom. The molecule has 1 amide bonds. The number of rotatable bonds is 11. The largest absolute Gasteiger partial charge is 0.461 e. The van der Waals surface area contributed by atoms with Crippen molar-refractivity contribution in [3.8, 4) is 0 Å². The van der Waals surface area contributed by atoms with E-state index in [1.807, 2.05) is 91.0 Å². The maximum absolute atomic E-state index is 12.7. The predicted molar refractivity (Wildman–Crippen MR) is 125 cm³/mol. The first kappa shape index (κ1) is 24.5. The molecule has 0 fully saturated rings. The van der Waals surface area contributed by atoms with Gasteiger partial charge in [0.05, 0.1) is 0 Å². The second-order valence-electron chi connectivity index (χ2n) is 7.54. The number of carbonyl (C=O) groups excluding carboxylic acids is 3. The Hall–Kier alpha value is -4.13. The quantitative estimate of drug-likeness (QED) is 0.333. The van der Waals surface area contributed by atoms with Gasteiger partial charge in [-0.25, -0.2) is 9.59 Å². The van der Waals surface area contributed by atoms with Crippen LogP contribution in [-0.2, 0) is 43.6 Å². The van der Waals surface area contributed by atoms with Crippen LogP contribution in [0.25, 0.3) is 0 Å². The van der Waals surface area contributed by atoms with Gasteiger partial charge in [0.1, 0.15) is 25.9 Å². The topological polar surface area (TPSA) is 90.9 Å². The van der Waals surface area contributed by atoms with E-state index in [0.717, 1.165) is 16.7 Å². The molecule has 34 heavy (non-hydrogen) atoms. The van der Waals surface area contributed by atoms with Crippen LogP contribution in [0.1, 0.15) is 29.5 Å². The van der Waals surface area contributed by atoms with E-state index in [2.05, 4.69) is 5.32 Å². The second kappa shape index (κ2) is 13.4. The van der Waals surface area contributed by atoms with Gasteiger partial charge in [-0.15, -0.1) is 0 Å². The van der Waals surface area contributed by atoms with Crippen molar-refractivity contribution >= 4 is 18.0 Å². The lowest BCUT2D eigenvalue weighted by Gasteiger charge is -2.17. The SMILES string of the molecule is O=C(CCC(NC(=O)OCc1ccccc1)C(=O)OCc1ccccc1)OCc1ccccc1. The molecule has 0 aliphatic rings. The molecule has 1 atom stereocenters. The zero-order chi connectivity index (χ0) is 24.0. The third-order valence-electron chi connectivity index (χ3n) is 4.89. The molecule has 0 heterocycles. The zero-order valence-electron chi connectivity index (χ0n) is 18.7. The molecule has 0 spiro atoms. The predicted octanol–water partition coefficient (Wildman–Crippen LogP) is 4.55. The monoisotopic (exact) mass is 461 g/mol. The summed E-state index contributed by atoms with van der Waals surface area (Å²) in [7, 11) is 0. The number of benzene rings is 3. The lowest BCUT2D eigenvalue weighted by Crippen LogP contribution is -2.42. The van der Waals surface area contributed by atoms with E-state index in [9.17, 15) is 14.4 Å². The first-order valence-corrected chi connectivity index (χ1v) is 11.0. The van der Waals surface area contributed by atoms with E-state index >= 15 is 0 Å². The summed E-state index contributed by atoms with van der Waals surface area (Å²) in [6.07, 6.45) is -0.832. The Kier molecular flexibility index (Phi) is 9.68. The van der Waals surface area contributed by atoms with Crippen molar-refractivity contribution in [3.63, 3.8) is 0 Å². The van der Waals surface area contributed by atoms with Crippen molar-refractivity contribution in [3.05, 3.63) is 108 Å². The molecule has 3 rings (SSSR count). The van der Waals surface area contributed by atoms with Crippen LogP contribution in [0.2, 0.25) is 0 Å². The zero-order valence-corrected chi connectivity index (χ0v) is 18.7.